The molecule has 32 heavy (non-hydrogen) atoms. The molecule has 3 heterocycles. The second-order valence-corrected chi connectivity index (χ2v) is 8.10. The van der Waals surface area contributed by atoms with E-state index in [1.54, 1.807) is 36.5 Å². The van der Waals surface area contributed by atoms with Gasteiger partial charge in [-0.25, -0.2) is 9.67 Å². The van der Waals surface area contributed by atoms with Crippen LogP contribution in [0.25, 0.3) is 16.9 Å². The molecule has 1 aromatic carbocycles. The number of rotatable bonds is 4. The summed E-state index contributed by atoms with van der Waals surface area (Å²) in [4.78, 5) is 34.5. The average molecular weight is 431 g/mol. The molecule has 0 aliphatic carbocycles. The highest BCUT2D eigenvalue weighted by Crippen LogP contribution is 2.21. The summed E-state index contributed by atoms with van der Waals surface area (Å²) in [5.74, 6) is 0.368. The van der Waals surface area contributed by atoms with Gasteiger partial charge in [0.1, 0.15) is 0 Å². The SMILES string of the molecule is CCN1CCN(C(=O)c2ccc(-n3[nH]cc(-c4ccc(C#N)cc4C)c3=O)nc2)C[C@@H]1C. The van der Waals surface area contributed by atoms with Crippen LogP contribution in [0.4, 0.5) is 0 Å². The van der Waals surface area contributed by atoms with E-state index in [9.17, 15) is 9.59 Å². The van der Waals surface area contributed by atoms with Crippen LogP contribution in [-0.4, -0.2) is 62.7 Å². The van der Waals surface area contributed by atoms with Crippen LogP contribution in [-0.2, 0) is 0 Å². The third-order valence-corrected chi connectivity index (χ3v) is 6.10. The van der Waals surface area contributed by atoms with Crippen LogP contribution in [0.15, 0.2) is 47.5 Å². The zero-order valence-corrected chi connectivity index (χ0v) is 18.5. The van der Waals surface area contributed by atoms with Gasteiger partial charge in [-0.05, 0) is 55.8 Å². The lowest BCUT2D eigenvalue weighted by Crippen LogP contribution is -2.53. The third-order valence-electron chi connectivity index (χ3n) is 6.10. The molecule has 8 heteroatoms. The number of carbonyl (C=O) groups excluding carboxylic acids is 1. The van der Waals surface area contributed by atoms with Gasteiger partial charge in [0.05, 0.1) is 22.8 Å². The van der Waals surface area contributed by atoms with E-state index in [1.807, 2.05) is 11.8 Å². The van der Waals surface area contributed by atoms with Crippen molar-refractivity contribution in [3.8, 4) is 23.0 Å². The van der Waals surface area contributed by atoms with Crippen molar-refractivity contribution in [2.45, 2.75) is 26.8 Å². The number of hydrogen-bond acceptors (Lipinski definition) is 5. The smallest absolute Gasteiger partial charge is 0.280 e. The zero-order chi connectivity index (χ0) is 22.8. The minimum atomic E-state index is -0.242. The summed E-state index contributed by atoms with van der Waals surface area (Å²) in [6, 6.07) is 11.0. The van der Waals surface area contributed by atoms with Gasteiger partial charge in [-0.15, -0.1) is 0 Å². The van der Waals surface area contributed by atoms with Crippen LogP contribution < -0.4 is 5.56 Å². The molecule has 1 aliphatic rings. The van der Waals surface area contributed by atoms with E-state index in [-0.39, 0.29) is 11.5 Å². The van der Waals surface area contributed by atoms with E-state index in [2.05, 4.69) is 34.9 Å². The maximum absolute atomic E-state index is 13.0. The van der Waals surface area contributed by atoms with E-state index in [0.717, 1.165) is 24.2 Å². The van der Waals surface area contributed by atoms with Crippen LogP contribution in [0.1, 0.15) is 35.3 Å². The molecular weight excluding hydrogens is 404 g/mol. The van der Waals surface area contributed by atoms with E-state index in [4.69, 9.17) is 5.26 Å². The largest absolute Gasteiger partial charge is 0.336 e. The van der Waals surface area contributed by atoms with Gasteiger partial charge in [-0.2, -0.15) is 5.26 Å². The molecule has 1 atom stereocenters. The Morgan fingerprint density at radius 2 is 2.06 bits per heavy atom. The molecule has 1 amide bonds. The van der Waals surface area contributed by atoms with E-state index < -0.39 is 0 Å². The highest BCUT2D eigenvalue weighted by molar-refractivity contribution is 5.94. The average Bonchev–Trinajstić information content (AvgIpc) is 3.19. The molecular formula is C24H26N6O2. The van der Waals surface area contributed by atoms with Gasteiger partial charge in [0.15, 0.2) is 5.82 Å². The molecule has 0 saturated carbocycles. The summed E-state index contributed by atoms with van der Waals surface area (Å²) < 4.78 is 1.35. The quantitative estimate of drug-likeness (QED) is 0.686. The number of pyridine rings is 1. The molecule has 1 saturated heterocycles. The molecule has 3 aromatic rings. The van der Waals surface area contributed by atoms with Crippen LogP contribution in [0.2, 0.25) is 0 Å². The number of piperazine rings is 1. The summed E-state index contributed by atoms with van der Waals surface area (Å²) in [7, 11) is 0. The van der Waals surface area contributed by atoms with Crippen LogP contribution in [0.5, 0.6) is 0 Å². The second kappa shape index (κ2) is 8.81. The molecule has 8 nitrogen and oxygen atoms in total. The predicted molar refractivity (Wildman–Crippen MR) is 122 cm³/mol. The number of nitrogens with one attached hydrogen (secondary N) is 1. The highest BCUT2D eigenvalue weighted by atomic mass is 16.2. The first kappa shape index (κ1) is 21.5. The lowest BCUT2D eigenvalue weighted by atomic mass is 10.0. The van der Waals surface area contributed by atoms with Crippen molar-refractivity contribution < 1.29 is 4.79 Å². The lowest BCUT2D eigenvalue weighted by molar-refractivity contribution is 0.0528. The van der Waals surface area contributed by atoms with Crippen molar-refractivity contribution in [2.75, 3.05) is 26.2 Å². The number of hydrogen-bond donors (Lipinski definition) is 1. The number of carbonyl (C=O) groups is 1. The van der Waals surface area contributed by atoms with Gasteiger partial charge < -0.3 is 4.90 Å². The Morgan fingerprint density at radius 1 is 1.25 bits per heavy atom. The number of benzene rings is 1. The number of nitriles is 1. The van der Waals surface area contributed by atoms with Crippen LogP contribution >= 0.6 is 0 Å². The fraction of sp³-hybridized carbons (Fsp3) is 0.333. The fourth-order valence-corrected chi connectivity index (χ4v) is 4.25. The molecule has 1 N–H and O–H groups in total. The Hall–Kier alpha value is -3.70. The molecule has 0 radical (unpaired) electrons. The van der Waals surface area contributed by atoms with Gasteiger partial charge in [-0.3, -0.25) is 19.6 Å². The second-order valence-electron chi connectivity index (χ2n) is 8.10. The third kappa shape index (κ3) is 3.95. The molecule has 1 fully saturated rings. The Bertz CT molecular complexity index is 1230. The minimum absolute atomic E-state index is 0.0422. The van der Waals surface area contributed by atoms with Crippen LogP contribution in [0, 0.1) is 18.3 Å². The lowest BCUT2D eigenvalue weighted by Gasteiger charge is -2.39. The Balaban J connectivity index is 1.55. The van der Waals surface area contributed by atoms with E-state index in [1.165, 1.54) is 10.9 Å². The van der Waals surface area contributed by atoms with Crippen LogP contribution in [0.3, 0.4) is 0 Å². The summed E-state index contributed by atoms with van der Waals surface area (Å²) in [6.07, 6.45) is 3.15. The number of nitrogens with zero attached hydrogens (tertiary/aromatic N) is 5. The van der Waals surface area contributed by atoms with E-state index >= 15 is 0 Å². The molecule has 2 aromatic heterocycles. The molecule has 0 unspecified atom stereocenters. The zero-order valence-electron chi connectivity index (χ0n) is 18.5. The van der Waals surface area contributed by atoms with Crippen molar-refractivity contribution in [3.05, 3.63) is 69.8 Å². The van der Waals surface area contributed by atoms with Gasteiger partial charge in [0.2, 0.25) is 0 Å². The monoisotopic (exact) mass is 430 g/mol. The summed E-state index contributed by atoms with van der Waals surface area (Å²) in [6.45, 7) is 9.37. The Labute approximate surface area is 186 Å². The molecule has 4 rings (SSSR count). The molecule has 0 spiro atoms. The number of H-pyrrole nitrogens is 1. The van der Waals surface area contributed by atoms with Crippen molar-refractivity contribution in [3.63, 3.8) is 0 Å². The van der Waals surface area contributed by atoms with Crippen molar-refractivity contribution in [2.24, 2.45) is 0 Å². The fourth-order valence-electron chi connectivity index (χ4n) is 4.25. The first-order valence-corrected chi connectivity index (χ1v) is 10.7. The number of amides is 1. The van der Waals surface area contributed by atoms with E-state index in [0.29, 0.717) is 41.6 Å². The first-order chi connectivity index (χ1) is 15.4. The number of aromatic amines is 1. The highest BCUT2D eigenvalue weighted by Gasteiger charge is 2.26. The van der Waals surface area contributed by atoms with Gasteiger partial charge in [0.25, 0.3) is 11.5 Å². The number of likely N-dealkylation sites (N-methyl/N-ethyl adjacent to an activating group) is 1. The first-order valence-electron chi connectivity index (χ1n) is 10.7. The summed E-state index contributed by atoms with van der Waals surface area (Å²) >= 11 is 0. The van der Waals surface area contributed by atoms with Crippen molar-refractivity contribution in [1.82, 2.24) is 24.6 Å². The maximum Gasteiger partial charge on any atom is 0.280 e. The number of aromatic nitrogens is 3. The Kier molecular flexibility index (Phi) is 5.93. The Morgan fingerprint density at radius 3 is 2.69 bits per heavy atom. The minimum Gasteiger partial charge on any atom is -0.336 e. The summed E-state index contributed by atoms with van der Waals surface area (Å²) in [5, 5.41) is 12.0. The van der Waals surface area contributed by atoms with Gasteiger partial charge >= 0.3 is 0 Å². The predicted octanol–water partition coefficient (Wildman–Crippen LogP) is 2.57. The van der Waals surface area contributed by atoms with Gasteiger partial charge in [-0.1, -0.05) is 13.0 Å². The molecule has 1 aliphatic heterocycles. The summed E-state index contributed by atoms with van der Waals surface area (Å²) in [5.41, 5.74) is 2.92. The molecule has 164 valence electrons. The standard InChI is InChI=1S/C24H26N6O2/c1-4-28-9-10-29(15-17(28)3)23(31)19-6-8-22(26-13-19)30-24(32)21(14-27-30)20-7-5-18(12-25)11-16(20)2/h5-8,11,13-14,17,27H,4,9-10,15H2,1-3H3/t17-/m0/s1. The van der Waals surface area contributed by atoms with Gasteiger partial charge in [0, 0.05) is 38.1 Å². The topological polar surface area (TPSA) is 98.0 Å². The normalized spacial score (nSPS) is 16.7. The van der Waals surface area contributed by atoms with Crippen molar-refractivity contribution in [1.29, 1.82) is 5.26 Å². The van der Waals surface area contributed by atoms with Crippen molar-refractivity contribution >= 4 is 5.91 Å². The number of aryl methyl sites for hydroxylation is 1. The maximum atomic E-state index is 13.0. The molecule has 0 bridgehead atoms.